The minimum Gasteiger partial charge on any atom is -0.370 e. The van der Waals surface area contributed by atoms with E-state index < -0.39 is 4.92 Å². The molecule has 1 heterocycles. The number of hydrogen-bond acceptors (Lipinski definition) is 7. The van der Waals surface area contributed by atoms with Gasteiger partial charge in [-0.25, -0.2) is 4.98 Å². The van der Waals surface area contributed by atoms with Crippen LogP contribution >= 0.6 is 23.1 Å². The van der Waals surface area contributed by atoms with Crippen LogP contribution in [-0.2, 0) is 5.75 Å². The second-order valence-electron chi connectivity index (χ2n) is 2.98. The maximum Gasteiger partial charge on any atom is 0.274 e. The van der Waals surface area contributed by atoms with Crippen LogP contribution in [0.15, 0.2) is 23.6 Å². The molecule has 1 aromatic heterocycles. The first-order valence-corrected chi connectivity index (χ1v) is 6.99. The molecule has 0 amide bonds. The van der Waals surface area contributed by atoms with Crippen molar-refractivity contribution in [3.8, 4) is 0 Å². The van der Waals surface area contributed by atoms with Gasteiger partial charge in [-0.2, -0.15) is 11.8 Å². The number of nitrogens with zero attached hydrogens (tertiary/aromatic N) is 2. The highest BCUT2D eigenvalue weighted by atomic mass is 32.2. The molecule has 17 heavy (non-hydrogen) atoms. The summed E-state index contributed by atoms with van der Waals surface area (Å²) in [5.74, 6) is 2.17. The molecule has 2 N–H and O–H groups in total. The molecule has 0 unspecified atom stereocenters. The minimum absolute atomic E-state index is 0.421. The third-order valence-corrected chi connectivity index (χ3v) is 3.71. The lowest BCUT2D eigenvalue weighted by Gasteiger charge is -2.06. The van der Waals surface area contributed by atoms with Crippen molar-refractivity contribution >= 4 is 23.1 Å². The van der Waals surface area contributed by atoms with Crippen LogP contribution in [0.1, 0.15) is 5.01 Å². The lowest BCUT2D eigenvalue weighted by atomic mass is 10.6. The number of nitrogens with one attached hydrogen (secondary N) is 2. The summed E-state index contributed by atoms with van der Waals surface area (Å²) in [6.07, 6.45) is 2.71. The van der Waals surface area contributed by atoms with E-state index in [-0.39, 0.29) is 0 Å². The predicted molar refractivity (Wildman–Crippen MR) is 70.4 cm³/mol. The third-order valence-electron chi connectivity index (χ3n) is 1.77. The van der Waals surface area contributed by atoms with Gasteiger partial charge in [0, 0.05) is 36.7 Å². The Balaban J connectivity index is 2.13. The minimum atomic E-state index is -0.485. The Bertz CT molecular complexity index is 367. The third kappa shape index (κ3) is 6.12. The first-order valence-electron chi connectivity index (χ1n) is 4.95. The van der Waals surface area contributed by atoms with E-state index in [0.717, 1.165) is 22.7 Å². The molecule has 0 atom stereocenters. The molecule has 0 radical (unpaired) electrons. The van der Waals surface area contributed by atoms with Crippen LogP contribution in [0, 0.1) is 10.1 Å². The van der Waals surface area contributed by atoms with Crippen molar-refractivity contribution in [3.05, 3.63) is 38.7 Å². The Morgan fingerprint density at radius 2 is 2.59 bits per heavy atom. The summed E-state index contributed by atoms with van der Waals surface area (Å²) in [6.45, 7) is 0.677. The number of thiazole rings is 1. The standard InChI is InChI=1S/C9H14N4O2S2/c1-10-8(6-13(14)15)11-2-4-16-7-9-12-3-5-17-9/h3,5-6,10-11H,2,4,7H2,1H3/b8-6+. The molecule has 0 aliphatic carbocycles. The molecule has 0 saturated carbocycles. The number of thioether (sulfide) groups is 1. The normalized spacial score (nSPS) is 11.2. The second-order valence-corrected chi connectivity index (χ2v) is 5.07. The summed E-state index contributed by atoms with van der Waals surface area (Å²) < 4.78 is 0. The van der Waals surface area contributed by atoms with Gasteiger partial charge in [0.05, 0.1) is 4.92 Å². The zero-order chi connectivity index (χ0) is 12.5. The highest BCUT2D eigenvalue weighted by Crippen LogP contribution is 2.13. The van der Waals surface area contributed by atoms with Crippen LogP contribution < -0.4 is 10.6 Å². The van der Waals surface area contributed by atoms with Gasteiger partial charge in [-0.05, 0) is 0 Å². The van der Waals surface area contributed by atoms with E-state index in [2.05, 4.69) is 15.6 Å². The van der Waals surface area contributed by atoms with Crippen LogP contribution in [0.5, 0.6) is 0 Å². The zero-order valence-electron chi connectivity index (χ0n) is 9.38. The smallest absolute Gasteiger partial charge is 0.274 e. The van der Waals surface area contributed by atoms with Gasteiger partial charge in [-0.1, -0.05) is 0 Å². The van der Waals surface area contributed by atoms with E-state index >= 15 is 0 Å². The fourth-order valence-electron chi connectivity index (χ4n) is 1.05. The van der Waals surface area contributed by atoms with Crippen molar-refractivity contribution in [2.75, 3.05) is 19.3 Å². The fourth-order valence-corrected chi connectivity index (χ4v) is 2.61. The maximum absolute atomic E-state index is 10.2. The molecular weight excluding hydrogens is 260 g/mol. The molecule has 0 fully saturated rings. The Morgan fingerprint density at radius 3 is 3.18 bits per heavy atom. The molecule has 1 rings (SSSR count). The summed E-state index contributed by atoms with van der Waals surface area (Å²) in [5.41, 5.74) is 0. The van der Waals surface area contributed by atoms with Gasteiger partial charge in [0.15, 0.2) is 5.82 Å². The molecule has 0 aliphatic heterocycles. The van der Waals surface area contributed by atoms with E-state index in [1.165, 1.54) is 0 Å². The van der Waals surface area contributed by atoms with Crippen LogP contribution in [0.25, 0.3) is 0 Å². The quantitative estimate of drug-likeness (QED) is 0.422. The van der Waals surface area contributed by atoms with Crippen molar-refractivity contribution in [3.63, 3.8) is 0 Å². The fraction of sp³-hybridized carbons (Fsp3) is 0.444. The Morgan fingerprint density at radius 1 is 1.76 bits per heavy atom. The molecule has 0 aliphatic rings. The largest absolute Gasteiger partial charge is 0.370 e. The van der Waals surface area contributed by atoms with E-state index in [9.17, 15) is 10.1 Å². The van der Waals surface area contributed by atoms with Gasteiger partial charge >= 0.3 is 0 Å². The molecule has 8 heteroatoms. The summed E-state index contributed by atoms with van der Waals surface area (Å²) in [6, 6.07) is 0. The van der Waals surface area contributed by atoms with E-state index in [0.29, 0.717) is 12.4 Å². The van der Waals surface area contributed by atoms with Crippen LogP contribution in [0.4, 0.5) is 0 Å². The first kappa shape index (κ1) is 13.8. The molecule has 0 aromatic carbocycles. The molecule has 94 valence electrons. The van der Waals surface area contributed by atoms with Crippen molar-refractivity contribution in [2.24, 2.45) is 0 Å². The lowest BCUT2D eigenvalue weighted by molar-refractivity contribution is -0.404. The van der Waals surface area contributed by atoms with Crippen molar-refractivity contribution < 1.29 is 4.92 Å². The number of nitro groups is 1. The molecule has 1 aromatic rings. The Hall–Kier alpha value is -1.28. The number of hydrogen-bond donors (Lipinski definition) is 2. The highest BCUT2D eigenvalue weighted by molar-refractivity contribution is 7.98. The average molecular weight is 274 g/mol. The van der Waals surface area contributed by atoms with Gasteiger partial charge < -0.3 is 10.6 Å². The van der Waals surface area contributed by atoms with E-state index in [1.54, 1.807) is 36.3 Å². The van der Waals surface area contributed by atoms with Gasteiger partial charge in [0.25, 0.3) is 6.20 Å². The number of aromatic nitrogens is 1. The van der Waals surface area contributed by atoms with Crippen molar-refractivity contribution in [1.29, 1.82) is 0 Å². The van der Waals surface area contributed by atoms with Crippen LogP contribution in [0.2, 0.25) is 0 Å². The lowest BCUT2D eigenvalue weighted by Crippen LogP contribution is -2.26. The molecular formula is C9H14N4O2S2. The second kappa shape index (κ2) is 7.91. The van der Waals surface area contributed by atoms with Gasteiger partial charge in [0.2, 0.25) is 0 Å². The molecule has 6 nitrogen and oxygen atoms in total. The monoisotopic (exact) mass is 274 g/mol. The Labute approximate surface area is 108 Å². The molecule has 0 spiro atoms. The average Bonchev–Trinajstić information content (AvgIpc) is 2.79. The molecule has 0 bridgehead atoms. The SMILES string of the molecule is CN/C(=C\[N+](=O)[O-])NCCSCc1nccs1. The maximum atomic E-state index is 10.2. The van der Waals surface area contributed by atoms with Crippen molar-refractivity contribution in [1.82, 2.24) is 15.6 Å². The van der Waals surface area contributed by atoms with Crippen molar-refractivity contribution in [2.45, 2.75) is 5.75 Å². The van der Waals surface area contributed by atoms with Gasteiger partial charge in [0.1, 0.15) is 5.01 Å². The zero-order valence-corrected chi connectivity index (χ0v) is 11.0. The van der Waals surface area contributed by atoms with Crippen LogP contribution in [-0.4, -0.2) is 29.3 Å². The number of rotatable bonds is 8. The van der Waals surface area contributed by atoms with E-state index in [4.69, 9.17) is 0 Å². The van der Waals surface area contributed by atoms with Gasteiger partial charge in [-0.15, -0.1) is 11.3 Å². The van der Waals surface area contributed by atoms with Gasteiger partial charge in [-0.3, -0.25) is 10.1 Å². The predicted octanol–water partition coefficient (Wildman–Crippen LogP) is 1.26. The summed E-state index contributed by atoms with van der Waals surface area (Å²) >= 11 is 3.38. The first-order chi connectivity index (χ1) is 8.22. The summed E-state index contributed by atoms with van der Waals surface area (Å²) in [4.78, 5) is 13.9. The van der Waals surface area contributed by atoms with Crippen LogP contribution in [0.3, 0.4) is 0 Å². The summed E-state index contributed by atoms with van der Waals surface area (Å²) in [7, 11) is 1.64. The topological polar surface area (TPSA) is 80.1 Å². The Kier molecular flexibility index (Phi) is 6.41. The molecule has 0 saturated heterocycles. The highest BCUT2D eigenvalue weighted by Gasteiger charge is 1.99. The summed E-state index contributed by atoms with van der Waals surface area (Å²) in [5, 5.41) is 19.0. The van der Waals surface area contributed by atoms with E-state index in [1.807, 2.05) is 5.38 Å².